The van der Waals surface area contributed by atoms with Gasteiger partial charge in [0.2, 0.25) is 5.82 Å². The Morgan fingerprint density at radius 2 is 2.12 bits per heavy atom. The van der Waals surface area contributed by atoms with Gasteiger partial charge in [0.1, 0.15) is 0 Å². The summed E-state index contributed by atoms with van der Waals surface area (Å²) in [5.74, 6) is 0.917. The van der Waals surface area contributed by atoms with Crippen molar-refractivity contribution in [3.63, 3.8) is 0 Å². The van der Waals surface area contributed by atoms with Gasteiger partial charge in [-0.25, -0.2) is 4.79 Å². The average Bonchev–Trinajstić information content (AvgIpc) is 3.42. The third-order valence-corrected chi connectivity index (χ3v) is 4.55. The van der Waals surface area contributed by atoms with Crippen LogP contribution >= 0.6 is 11.3 Å². The standard InChI is InChI=1S/C16H15N5O3S/c22-16(12-3-4-13(19-18-12)21-6-1-2-7-21)23-9-14-17-15(20-24-14)11-5-8-25-10-11/h3-5,8,10H,1-2,6-7,9H2. The van der Waals surface area contributed by atoms with Gasteiger partial charge in [-0.1, -0.05) is 5.16 Å². The second-order valence-electron chi connectivity index (χ2n) is 5.57. The molecule has 0 aliphatic carbocycles. The third-order valence-electron chi connectivity index (χ3n) is 3.86. The molecule has 0 spiro atoms. The van der Waals surface area contributed by atoms with Crippen LogP contribution in [0.1, 0.15) is 29.2 Å². The van der Waals surface area contributed by atoms with Gasteiger partial charge in [0.15, 0.2) is 18.1 Å². The summed E-state index contributed by atoms with van der Waals surface area (Å²) in [6, 6.07) is 5.30. The molecule has 8 nitrogen and oxygen atoms in total. The highest BCUT2D eigenvalue weighted by Gasteiger charge is 2.17. The summed E-state index contributed by atoms with van der Waals surface area (Å²) < 4.78 is 10.2. The number of thiophene rings is 1. The van der Waals surface area contributed by atoms with Crippen LogP contribution in [0.2, 0.25) is 0 Å². The summed E-state index contributed by atoms with van der Waals surface area (Å²) in [6.07, 6.45) is 2.31. The molecule has 25 heavy (non-hydrogen) atoms. The van der Waals surface area contributed by atoms with Gasteiger partial charge in [0.25, 0.3) is 5.89 Å². The molecule has 0 unspecified atom stereocenters. The molecule has 0 amide bonds. The summed E-state index contributed by atoms with van der Waals surface area (Å²) in [7, 11) is 0. The molecule has 1 fully saturated rings. The smallest absolute Gasteiger partial charge is 0.359 e. The van der Waals surface area contributed by atoms with Crippen LogP contribution in [0.15, 0.2) is 33.5 Å². The summed E-state index contributed by atoms with van der Waals surface area (Å²) in [5.41, 5.74) is 1.02. The minimum atomic E-state index is -0.573. The van der Waals surface area contributed by atoms with E-state index < -0.39 is 5.97 Å². The third kappa shape index (κ3) is 3.50. The molecule has 0 atom stereocenters. The van der Waals surface area contributed by atoms with Crippen molar-refractivity contribution in [3.05, 3.63) is 40.5 Å². The highest BCUT2D eigenvalue weighted by Crippen LogP contribution is 2.19. The molecule has 0 radical (unpaired) electrons. The number of aromatic nitrogens is 4. The van der Waals surface area contributed by atoms with Gasteiger partial charge >= 0.3 is 5.97 Å². The van der Waals surface area contributed by atoms with Crippen molar-refractivity contribution in [1.82, 2.24) is 20.3 Å². The van der Waals surface area contributed by atoms with Crippen molar-refractivity contribution in [2.24, 2.45) is 0 Å². The number of nitrogens with zero attached hydrogens (tertiary/aromatic N) is 5. The highest BCUT2D eigenvalue weighted by molar-refractivity contribution is 7.08. The second-order valence-corrected chi connectivity index (χ2v) is 6.35. The topological polar surface area (TPSA) is 94.2 Å². The summed E-state index contributed by atoms with van der Waals surface area (Å²) >= 11 is 1.54. The Hall–Kier alpha value is -2.81. The maximum atomic E-state index is 12.1. The molecular formula is C16H15N5O3S. The fourth-order valence-electron chi connectivity index (χ4n) is 2.57. The summed E-state index contributed by atoms with van der Waals surface area (Å²) in [6.45, 7) is 1.84. The molecule has 128 valence electrons. The van der Waals surface area contributed by atoms with Crippen LogP contribution in [0, 0.1) is 0 Å². The van der Waals surface area contributed by atoms with Crippen LogP contribution in [0.3, 0.4) is 0 Å². The van der Waals surface area contributed by atoms with Crippen LogP contribution in [-0.4, -0.2) is 39.4 Å². The summed E-state index contributed by atoms with van der Waals surface area (Å²) in [5, 5.41) is 15.8. The van der Waals surface area contributed by atoms with Crippen molar-refractivity contribution >= 4 is 23.1 Å². The molecule has 3 aromatic rings. The Labute approximate surface area is 147 Å². The molecule has 3 aromatic heterocycles. The minimum Gasteiger partial charge on any atom is -0.451 e. The van der Waals surface area contributed by atoms with E-state index in [9.17, 15) is 4.79 Å². The van der Waals surface area contributed by atoms with Crippen LogP contribution in [0.4, 0.5) is 5.82 Å². The number of anilines is 1. The molecule has 0 bridgehead atoms. The zero-order valence-electron chi connectivity index (χ0n) is 13.3. The Morgan fingerprint density at radius 3 is 2.84 bits per heavy atom. The Bertz CT molecular complexity index is 841. The maximum Gasteiger partial charge on any atom is 0.359 e. The van der Waals surface area contributed by atoms with Crippen molar-refractivity contribution < 1.29 is 14.1 Å². The van der Waals surface area contributed by atoms with Crippen molar-refractivity contribution in [1.29, 1.82) is 0 Å². The first-order valence-corrected chi connectivity index (χ1v) is 8.85. The van der Waals surface area contributed by atoms with E-state index in [4.69, 9.17) is 9.26 Å². The molecule has 1 aliphatic heterocycles. The van der Waals surface area contributed by atoms with E-state index in [0.29, 0.717) is 5.82 Å². The Kier molecular flexibility index (Phi) is 4.38. The minimum absolute atomic E-state index is 0.106. The van der Waals surface area contributed by atoms with E-state index in [1.807, 2.05) is 16.8 Å². The number of esters is 1. The lowest BCUT2D eigenvalue weighted by Crippen LogP contribution is -2.20. The fraction of sp³-hybridized carbons (Fsp3) is 0.312. The Balaban J connectivity index is 1.35. The lowest BCUT2D eigenvalue weighted by atomic mass is 10.3. The lowest BCUT2D eigenvalue weighted by molar-refractivity contribution is 0.0421. The number of hydrogen-bond acceptors (Lipinski definition) is 9. The molecule has 9 heteroatoms. The molecule has 1 aliphatic rings. The van der Waals surface area contributed by atoms with Gasteiger partial charge in [0, 0.05) is 24.0 Å². The molecule has 4 heterocycles. The predicted molar refractivity (Wildman–Crippen MR) is 90.2 cm³/mol. The fourth-order valence-corrected chi connectivity index (χ4v) is 3.21. The molecule has 0 N–H and O–H groups in total. The van der Waals surface area contributed by atoms with Crippen LogP contribution in [-0.2, 0) is 11.3 Å². The van der Waals surface area contributed by atoms with Crippen LogP contribution < -0.4 is 4.90 Å². The molecular weight excluding hydrogens is 342 g/mol. The van der Waals surface area contributed by atoms with Crippen molar-refractivity contribution in [3.8, 4) is 11.4 Å². The van der Waals surface area contributed by atoms with Gasteiger partial charge in [-0.05, 0) is 36.4 Å². The largest absolute Gasteiger partial charge is 0.451 e. The first kappa shape index (κ1) is 15.7. The lowest BCUT2D eigenvalue weighted by Gasteiger charge is -2.14. The SMILES string of the molecule is O=C(OCc1nc(-c2ccsc2)no1)c1ccc(N2CCCC2)nn1. The van der Waals surface area contributed by atoms with E-state index in [1.54, 1.807) is 23.5 Å². The second kappa shape index (κ2) is 6.98. The molecule has 1 saturated heterocycles. The first-order chi connectivity index (χ1) is 12.3. The zero-order valence-corrected chi connectivity index (χ0v) is 14.1. The monoisotopic (exact) mass is 357 g/mol. The first-order valence-electron chi connectivity index (χ1n) is 7.90. The quantitative estimate of drug-likeness (QED) is 0.643. The number of hydrogen-bond donors (Lipinski definition) is 0. The number of carbonyl (C=O) groups is 1. The van der Waals surface area contributed by atoms with Gasteiger partial charge in [-0.15, -0.1) is 10.2 Å². The van der Waals surface area contributed by atoms with Crippen molar-refractivity contribution in [2.45, 2.75) is 19.4 Å². The average molecular weight is 357 g/mol. The maximum absolute atomic E-state index is 12.1. The van der Waals surface area contributed by atoms with Gasteiger partial charge < -0.3 is 14.2 Å². The van der Waals surface area contributed by atoms with E-state index in [1.165, 1.54) is 0 Å². The number of carbonyl (C=O) groups excluding carboxylic acids is 1. The summed E-state index contributed by atoms with van der Waals surface area (Å²) in [4.78, 5) is 18.4. The van der Waals surface area contributed by atoms with E-state index >= 15 is 0 Å². The van der Waals surface area contributed by atoms with E-state index in [2.05, 4.69) is 25.2 Å². The van der Waals surface area contributed by atoms with Gasteiger partial charge in [-0.2, -0.15) is 16.3 Å². The number of ether oxygens (including phenoxy) is 1. The predicted octanol–water partition coefficient (Wildman–Crippen LogP) is 2.55. The normalized spacial score (nSPS) is 14.0. The van der Waals surface area contributed by atoms with E-state index in [-0.39, 0.29) is 18.2 Å². The number of rotatable bonds is 5. The molecule has 4 rings (SSSR count). The zero-order chi connectivity index (χ0) is 17.1. The molecule has 0 saturated carbocycles. The van der Waals surface area contributed by atoms with Crippen molar-refractivity contribution in [2.75, 3.05) is 18.0 Å². The molecule has 0 aromatic carbocycles. The highest BCUT2D eigenvalue weighted by atomic mass is 32.1. The van der Waals surface area contributed by atoms with E-state index in [0.717, 1.165) is 37.3 Å². The van der Waals surface area contributed by atoms with Gasteiger partial charge in [-0.3, -0.25) is 0 Å². The Morgan fingerprint density at radius 1 is 1.24 bits per heavy atom. The van der Waals surface area contributed by atoms with Crippen LogP contribution in [0.25, 0.3) is 11.4 Å². The van der Waals surface area contributed by atoms with Gasteiger partial charge in [0.05, 0.1) is 0 Å². The van der Waals surface area contributed by atoms with Crippen LogP contribution in [0.5, 0.6) is 0 Å².